The van der Waals surface area contributed by atoms with Crippen LogP contribution in [0.1, 0.15) is 27.6 Å². The van der Waals surface area contributed by atoms with E-state index in [0.29, 0.717) is 5.11 Å². The van der Waals surface area contributed by atoms with E-state index in [-0.39, 0.29) is 17.3 Å². The zero-order valence-corrected chi connectivity index (χ0v) is 16.2. The summed E-state index contributed by atoms with van der Waals surface area (Å²) in [4.78, 5) is 16.9. The van der Waals surface area contributed by atoms with Gasteiger partial charge in [-0.25, -0.2) is 0 Å². The van der Waals surface area contributed by atoms with Crippen molar-refractivity contribution in [2.24, 2.45) is 0 Å². The van der Waals surface area contributed by atoms with Gasteiger partial charge in [0.25, 0.3) is 5.91 Å². The molecule has 2 aliphatic rings. The molecule has 2 aliphatic heterocycles. The standard InChI is InChI=1S/C20H20N2OS2/c1-12-4-7-15(8-5-12)19-22-17(11-25-19)18(23)21(20(22)24)16-9-6-13(2)10-14(16)3/h4-10,17,19H,11H2,1-3H3/t17-,19+/m1/s1. The maximum atomic E-state index is 13.0. The van der Waals surface area contributed by atoms with Crippen LogP contribution >= 0.6 is 24.0 Å². The van der Waals surface area contributed by atoms with Crippen LogP contribution in [-0.2, 0) is 4.79 Å². The molecule has 128 valence electrons. The highest BCUT2D eigenvalue weighted by Gasteiger charge is 2.51. The minimum Gasteiger partial charge on any atom is -0.319 e. The largest absolute Gasteiger partial charge is 0.319 e. The number of hydrogen-bond acceptors (Lipinski definition) is 3. The van der Waals surface area contributed by atoms with Crippen molar-refractivity contribution >= 4 is 40.7 Å². The van der Waals surface area contributed by atoms with Crippen LogP contribution in [0.25, 0.3) is 0 Å². The van der Waals surface area contributed by atoms with Crippen molar-refractivity contribution in [3.05, 3.63) is 64.7 Å². The van der Waals surface area contributed by atoms with Crippen molar-refractivity contribution in [2.75, 3.05) is 10.7 Å². The number of thiocarbonyl (C=S) groups is 1. The third-order valence-electron chi connectivity index (χ3n) is 4.87. The van der Waals surface area contributed by atoms with E-state index in [1.807, 2.05) is 19.1 Å². The number of rotatable bonds is 2. The molecule has 3 nitrogen and oxygen atoms in total. The minimum absolute atomic E-state index is 0.0964. The minimum atomic E-state index is -0.162. The van der Waals surface area contributed by atoms with Crippen molar-refractivity contribution < 1.29 is 4.79 Å². The second-order valence-corrected chi connectivity index (χ2v) is 8.24. The first kappa shape index (κ1) is 16.6. The number of fused-ring (bicyclic) bond motifs is 1. The summed E-state index contributed by atoms with van der Waals surface area (Å²) < 4.78 is 0. The third kappa shape index (κ3) is 2.66. The molecule has 4 rings (SSSR count). The second kappa shape index (κ2) is 6.15. The average molecular weight is 369 g/mol. The number of thioether (sulfide) groups is 1. The monoisotopic (exact) mass is 368 g/mol. The molecule has 0 radical (unpaired) electrons. The predicted octanol–water partition coefficient (Wildman–Crippen LogP) is 4.36. The van der Waals surface area contributed by atoms with Gasteiger partial charge in [-0.15, -0.1) is 11.8 Å². The molecule has 0 aromatic heterocycles. The number of benzene rings is 2. The number of carbonyl (C=O) groups is 1. The lowest BCUT2D eigenvalue weighted by Gasteiger charge is -2.26. The zero-order chi connectivity index (χ0) is 17.7. The van der Waals surface area contributed by atoms with E-state index in [9.17, 15) is 4.79 Å². The topological polar surface area (TPSA) is 23.6 Å². The Balaban J connectivity index is 1.70. The first-order valence-corrected chi connectivity index (χ1v) is 9.85. The summed E-state index contributed by atoms with van der Waals surface area (Å²) in [5, 5.41) is 0.732. The van der Waals surface area contributed by atoms with E-state index in [4.69, 9.17) is 12.2 Å². The Morgan fingerprint density at radius 3 is 2.40 bits per heavy atom. The summed E-state index contributed by atoms with van der Waals surface area (Å²) in [6, 6.07) is 14.5. The van der Waals surface area contributed by atoms with Gasteiger partial charge in [0.15, 0.2) is 5.11 Å². The van der Waals surface area contributed by atoms with Crippen LogP contribution in [-0.4, -0.2) is 27.7 Å². The van der Waals surface area contributed by atoms with Crippen molar-refractivity contribution in [1.82, 2.24) is 4.90 Å². The summed E-state index contributed by atoms with van der Waals surface area (Å²) >= 11 is 7.55. The fourth-order valence-corrected chi connectivity index (χ4v) is 5.47. The van der Waals surface area contributed by atoms with Gasteiger partial charge in [-0.2, -0.15) is 0 Å². The molecule has 2 aromatic rings. The van der Waals surface area contributed by atoms with Crippen molar-refractivity contribution in [1.29, 1.82) is 0 Å². The molecule has 2 heterocycles. The maximum absolute atomic E-state index is 13.0. The molecule has 0 N–H and O–H groups in total. The number of anilines is 1. The van der Waals surface area contributed by atoms with E-state index in [1.165, 1.54) is 16.7 Å². The van der Waals surface area contributed by atoms with Gasteiger partial charge >= 0.3 is 0 Å². The highest BCUT2D eigenvalue weighted by Crippen LogP contribution is 2.46. The summed E-state index contributed by atoms with van der Waals surface area (Å²) in [5.41, 5.74) is 5.61. The van der Waals surface area contributed by atoms with Crippen LogP contribution in [0.3, 0.4) is 0 Å². The first-order valence-electron chi connectivity index (χ1n) is 8.39. The molecule has 1 amide bonds. The van der Waals surface area contributed by atoms with Gasteiger partial charge in [0.1, 0.15) is 11.4 Å². The number of aryl methyl sites for hydroxylation is 3. The van der Waals surface area contributed by atoms with Crippen LogP contribution in [0.4, 0.5) is 5.69 Å². The molecule has 2 atom stereocenters. The van der Waals surface area contributed by atoms with E-state index >= 15 is 0 Å². The molecule has 25 heavy (non-hydrogen) atoms. The summed E-state index contributed by atoms with van der Waals surface area (Å²) in [6.45, 7) is 6.18. The predicted molar refractivity (Wildman–Crippen MR) is 108 cm³/mol. The number of carbonyl (C=O) groups excluding carboxylic acids is 1. The van der Waals surface area contributed by atoms with Gasteiger partial charge in [0.2, 0.25) is 0 Å². The van der Waals surface area contributed by atoms with E-state index in [0.717, 1.165) is 17.0 Å². The lowest BCUT2D eigenvalue weighted by molar-refractivity contribution is -0.119. The average Bonchev–Trinajstić information content (AvgIpc) is 3.11. The molecule has 0 unspecified atom stereocenters. The Bertz CT molecular complexity index is 862. The smallest absolute Gasteiger partial charge is 0.257 e. The molecule has 2 saturated heterocycles. The number of hydrogen-bond donors (Lipinski definition) is 0. The molecule has 0 bridgehead atoms. The fourth-order valence-electron chi connectivity index (χ4n) is 3.55. The number of nitrogens with zero attached hydrogens (tertiary/aromatic N) is 2. The van der Waals surface area contributed by atoms with Gasteiger partial charge in [-0.3, -0.25) is 9.69 Å². The first-order chi connectivity index (χ1) is 12.0. The van der Waals surface area contributed by atoms with Gasteiger partial charge in [0, 0.05) is 5.75 Å². The molecule has 5 heteroatoms. The summed E-state index contributed by atoms with van der Waals surface area (Å²) in [5.74, 6) is 0.873. The SMILES string of the molecule is Cc1ccc([C@@H]2SC[C@@H]3C(=O)N(c4ccc(C)cc4C)C(=S)N32)cc1. The zero-order valence-electron chi connectivity index (χ0n) is 14.5. The quantitative estimate of drug-likeness (QED) is 0.735. The van der Waals surface area contributed by atoms with Crippen LogP contribution in [0, 0.1) is 20.8 Å². The van der Waals surface area contributed by atoms with Crippen molar-refractivity contribution in [3.8, 4) is 0 Å². The van der Waals surface area contributed by atoms with Crippen LogP contribution in [0.5, 0.6) is 0 Å². The Morgan fingerprint density at radius 1 is 1.04 bits per heavy atom. The molecular formula is C20H20N2OS2. The fraction of sp³-hybridized carbons (Fsp3) is 0.300. The highest BCUT2D eigenvalue weighted by atomic mass is 32.2. The van der Waals surface area contributed by atoms with E-state index < -0.39 is 0 Å². The van der Waals surface area contributed by atoms with Gasteiger partial charge in [0.05, 0.1) is 5.69 Å². The molecule has 2 fully saturated rings. The van der Waals surface area contributed by atoms with Gasteiger partial charge in [-0.05, 0) is 50.2 Å². The summed E-state index contributed by atoms with van der Waals surface area (Å²) in [7, 11) is 0. The van der Waals surface area contributed by atoms with Crippen LogP contribution < -0.4 is 4.90 Å². The Kier molecular flexibility index (Phi) is 4.08. The Hall–Kier alpha value is -1.85. The Labute approximate surface area is 158 Å². The molecule has 2 aromatic carbocycles. The summed E-state index contributed by atoms with van der Waals surface area (Å²) in [6.07, 6.45) is 0. The molecular weight excluding hydrogens is 348 g/mol. The molecule has 0 spiro atoms. The number of amides is 1. The Morgan fingerprint density at radius 2 is 1.72 bits per heavy atom. The highest BCUT2D eigenvalue weighted by molar-refractivity contribution is 7.99. The van der Waals surface area contributed by atoms with Crippen molar-refractivity contribution in [3.63, 3.8) is 0 Å². The molecule has 0 aliphatic carbocycles. The van der Waals surface area contributed by atoms with Crippen molar-refractivity contribution in [2.45, 2.75) is 32.2 Å². The van der Waals surface area contributed by atoms with E-state index in [1.54, 1.807) is 16.7 Å². The maximum Gasteiger partial charge on any atom is 0.257 e. The lowest BCUT2D eigenvalue weighted by atomic mass is 10.1. The van der Waals surface area contributed by atoms with E-state index in [2.05, 4.69) is 49.1 Å². The van der Waals surface area contributed by atoms with Gasteiger partial charge in [-0.1, -0.05) is 47.5 Å². The normalized spacial score (nSPS) is 22.7. The van der Waals surface area contributed by atoms with Crippen LogP contribution in [0.2, 0.25) is 0 Å². The second-order valence-electron chi connectivity index (χ2n) is 6.77. The third-order valence-corrected chi connectivity index (χ3v) is 6.59. The van der Waals surface area contributed by atoms with Gasteiger partial charge < -0.3 is 4.90 Å². The molecule has 0 saturated carbocycles. The lowest BCUT2D eigenvalue weighted by Crippen LogP contribution is -2.34. The van der Waals surface area contributed by atoms with Crippen LogP contribution in [0.15, 0.2) is 42.5 Å².